The lowest BCUT2D eigenvalue weighted by molar-refractivity contribution is 0.619. The number of hydrogen-bond acceptors (Lipinski definition) is 2. The second-order valence-corrected chi connectivity index (χ2v) is 5.57. The Kier molecular flexibility index (Phi) is 4.66. The maximum Gasteiger partial charge on any atom is 0.137 e. The van der Waals surface area contributed by atoms with Gasteiger partial charge in [0.15, 0.2) is 0 Å². The normalized spacial score (nSPS) is 10.4. The van der Waals surface area contributed by atoms with E-state index in [0.29, 0.717) is 11.0 Å². The van der Waals surface area contributed by atoms with Gasteiger partial charge in [-0.05, 0) is 58.1 Å². The van der Waals surface area contributed by atoms with E-state index < -0.39 is 0 Å². The molecule has 94 valence electrons. The molecule has 0 spiro atoms. The third-order valence-corrected chi connectivity index (χ3v) is 3.92. The average Bonchev–Trinajstić information content (AvgIpc) is 2.40. The van der Waals surface area contributed by atoms with E-state index in [2.05, 4.69) is 33.4 Å². The van der Waals surface area contributed by atoms with E-state index in [4.69, 9.17) is 0 Å². The van der Waals surface area contributed by atoms with Gasteiger partial charge in [0.25, 0.3) is 0 Å². The Morgan fingerprint density at radius 1 is 1.22 bits per heavy atom. The fraction of sp³-hybridized carbons (Fsp3) is 0.143. The van der Waals surface area contributed by atoms with Gasteiger partial charge in [0.05, 0.1) is 4.47 Å². The molecule has 0 fully saturated rings. The molecule has 0 atom stereocenters. The Hall–Kier alpha value is -1.00. The van der Waals surface area contributed by atoms with Crippen LogP contribution in [0.25, 0.3) is 0 Å². The molecule has 1 N–H and O–H groups in total. The molecule has 2 aromatic rings. The van der Waals surface area contributed by atoms with Crippen molar-refractivity contribution in [3.63, 3.8) is 0 Å². The van der Waals surface area contributed by atoms with Gasteiger partial charge < -0.3 is 5.32 Å². The summed E-state index contributed by atoms with van der Waals surface area (Å²) in [5, 5.41) is 3.29. The monoisotopic (exact) mass is 325 g/mol. The topological polar surface area (TPSA) is 12.0 Å². The first kappa shape index (κ1) is 13.4. The van der Waals surface area contributed by atoms with Crippen LogP contribution in [0.5, 0.6) is 0 Å². The Morgan fingerprint density at radius 2 is 2.06 bits per heavy atom. The van der Waals surface area contributed by atoms with Crippen LogP contribution in [0, 0.1) is 5.82 Å². The number of nitrogens with one attached hydrogen (secondary N) is 1. The zero-order valence-corrected chi connectivity index (χ0v) is 12.3. The number of anilines is 1. The minimum atomic E-state index is -0.229. The van der Waals surface area contributed by atoms with Crippen molar-refractivity contribution < 1.29 is 4.39 Å². The summed E-state index contributed by atoms with van der Waals surface area (Å²) in [6.07, 6.45) is 2.04. The van der Waals surface area contributed by atoms with E-state index in [0.717, 1.165) is 11.3 Å². The lowest BCUT2D eigenvalue weighted by atomic mass is 10.2. The van der Waals surface area contributed by atoms with Crippen LogP contribution in [0.2, 0.25) is 0 Å². The summed E-state index contributed by atoms with van der Waals surface area (Å²) in [5.74, 6) is -0.229. The molecule has 0 bridgehead atoms. The number of thioether (sulfide) groups is 1. The van der Waals surface area contributed by atoms with Crippen molar-refractivity contribution >= 4 is 33.4 Å². The third kappa shape index (κ3) is 3.50. The van der Waals surface area contributed by atoms with Gasteiger partial charge in [0, 0.05) is 17.1 Å². The van der Waals surface area contributed by atoms with Crippen molar-refractivity contribution in [1.29, 1.82) is 0 Å². The first-order chi connectivity index (χ1) is 8.69. The Morgan fingerprint density at radius 3 is 2.78 bits per heavy atom. The summed E-state index contributed by atoms with van der Waals surface area (Å²) in [5.41, 5.74) is 1.97. The molecule has 0 aromatic heterocycles. The summed E-state index contributed by atoms with van der Waals surface area (Å²) < 4.78 is 13.8. The van der Waals surface area contributed by atoms with E-state index in [1.165, 1.54) is 11.0 Å². The molecule has 0 heterocycles. The summed E-state index contributed by atoms with van der Waals surface area (Å²) in [4.78, 5) is 1.21. The molecular weight excluding hydrogens is 313 g/mol. The maximum atomic E-state index is 13.3. The Bertz CT molecular complexity index is 545. The standard InChI is InChI=1S/C14H13BrFNS/c1-18-12-4-2-3-11(8-12)17-9-10-5-6-13(15)14(16)7-10/h2-8,17H,9H2,1H3. The van der Waals surface area contributed by atoms with Crippen LogP contribution in [-0.2, 0) is 6.54 Å². The van der Waals surface area contributed by atoms with Gasteiger partial charge >= 0.3 is 0 Å². The molecule has 2 rings (SSSR count). The van der Waals surface area contributed by atoms with Crippen LogP contribution < -0.4 is 5.32 Å². The number of hydrogen-bond donors (Lipinski definition) is 1. The molecule has 0 unspecified atom stereocenters. The van der Waals surface area contributed by atoms with Gasteiger partial charge in [0.1, 0.15) is 5.82 Å². The molecule has 1 nitrogen and oxygen atoms in total. The zero-order chi connectivity index (χ0) is 13.0. The molecule has 2 aromatic carbocycles. The number of rotatable bonds is 4. The van der Waals surface area contributed by atoms with Crippen molar-refractivity contribution in [3.05, 3.63) is 58.3 Å². The van der Waals surface area contributed by atoms with Crippen LogP contribution in [-0.4, -0.2) is 6.26 Å². The van der Waals surface area contributed by atoms with E-state index in [-0.39, 0.29) is 5.82 Å². The molecule has 0 aliphatic carbocycles. The van der Waals surface area contributed by atoms with Crippen LogP contribution in [0.15, 0.2) is 51.8 Å². The lowest BCUT2D eigenvalue weighted by Crippen LogP contribution is -1.99. The Balaban J connectivity index is 2.04. The molecule has 0 radical (unpaired) electrons. The van der Waals surface area contributed by atoms with Crippen molar-refractivity contribution in [1.82, 2.24) is 0 Å². The van der Waals surface area contributed by atoms with Crippen LogP contribution in [0.1, 0.15) is 5.56 Å². The summed E-state index contributed by atoms with van der Waals surface area (Å²) >= 11 is 4.85. The highest BCUT2D eigenvalue weighted by Gasteiger charge is 2.01. The molecule has 0 saturated heterocycles. The van der Waals surface area contributed by atoms with Gasteiger partial charge in [-0.15, -0.1) is 11.8 Å². The highest BCUT2D eigenvalue weighted by Crippen LogP contribution is 2.20. The third-order valence-electron chi connectivity index (χ3n) is 2.55. The number of halogens is 2. The van der Waals surface area contributed by atoms with Gasteiger partial charge in [-0.3, -0.25) is 0 Å². The molecular formula is C14H13BrFNS. The summed E-state index contributed by atoms with van der Waals surface area (Å²) in [6, 6.07) is 13.3. The highest BCUT2D eigenvalue weighted by molar-refractivity contribution is 9.10. The molecule has 0 aliphatic heterocycles. The van der Waals surface area contributed by atoms with Crippen LogP contribution >= 0.6 is 27.7 Å². The first-order valence-electron chi connectivity index (χ1n) is 5.51. The second-order valence-electron chi connectivity index (χ2n) is 3.83. The van der Waals surface area contributed by atoms with Gasteiger partial charge in [0.2, 0.25) is 0 Å². The predicted octanol–water partition coefficient (Wildman–Crippen LogP) is 4.92. The van der Waals surface area contributed by atoms with Crippen LogP contribution in [0.4, 0.5) is 10.1 Å². The van der Waals surface area contributed by atoms with Gasteiger partial charge in [-0.25, -0.2) is 4.39 Å². The van der Waals surface area contributed by atoms with E-state index in [9.17, 15) is 4.39 Å². The van der Waals surface area contributed by atoms with Crippen molar-refractivity contribution in [2.24, 2.45) is 0 Å². The second kappa shape index (κ2) is 6.25. The molecule has 0 amide bonds. The minimum absolute atomic E-state index is 0.229. The fourth-order valence-electron chi connectivity index (χ4n) is 1.59. The van der Waals surface area contributed by atoms with Gasteiger partial charge in [-0.1, -0.05) is 12.1 Å². The maximum absolute atomic E-state index is 13.3. The summed E-state index contributed by atoms with van der Waals surface area (Å²) in [6.45, 7) is 0.613. The van der Waals surface area contributed by atoms with Crippen molar-refractivity contribution in [3.8, 4) is 0 Å². The average molecular weight is 326 g/mol. The quantitative estimate of drug-likeness (QED) is 0.800. The molecule has 0 saturated carbocycles. The zero-order valence-electron chi connectivity index (χ0n) is 9.91. The van der Waals surface area contributed by atoms with Crippen molar-refractivity contribution in [2.75, 3.05) is 11.6 Å². The molecule has 0 aliphatic rings. The molecule has 4 heteroatoms. The van der Waals surface area contributed by atoms with Crippen molar-refractivity contribution in [2.45, 2.75) is 11.4 Å². The molecule has 18 heavy (non-hydrogen) atoms. The smallest absolute Gasteiger partial charge is 0.137 e. The Labute approximate surface area is 119 Å². The SMILES string of the molecule is CSc1cccc(NCc2ccc(Br)c(F)c2)c1. The highest BCUT2D eigenvalue weighted by atomic mass is 79.9. The first-order valence-corrected chi connectivity index (χ1v) is 7.52. The fourth-order valence-corrected chi connectivity index (χ4v) is 2.29. The van der Waals surface area contributed by atoms with Gasteiger partial charge in [-0.2, -0.15) is 0 Å². The van der Waals surface area contributed by atoms with E-state index in [1.807, 2.05) is 24.5 Å². The number of benzene rings is 2. The summed E-state index contributed by atoms with van der Waals surface area (Å²) in [7, 11) is 0. The van der Waals surface area contributed by atoms with Crippen LogP contribution in [0.3, 0.4) is 0 Å². The minimum Gasteiger partial charge on any atom is -0.381 e. The largest absolute Gasteiger partial charge is 0.381 e. The predicted molar refractivity (Wildman–Crippen MR) is 79.6 cm³/mol. The lowest BCUT2D eigenvalue weighted by Gasteiger charge is -2.08. The van der Waals surface area contributed by atoms with E-state index >= 15 is 0 Å². The van der Waals surface area contributed by atoms with E-state index in [1.54, 1.807) is 17.8 Å².